The summed E-state index contributed by atoms with van der Waals surface area (Å²) in [7, 11) is 0. The monoisotopic (exact) mass is 495 g/mol. The number of imide groups is 1. The lowest BCUT2D eigenvalue weighted by molar-refractivity contribution is -0.116. The Labute approximate surface area is 208 Å². The van der Waals surface area contributed by atoms with Crippen LogP contribution in [0.4, 0.5) is 5.00 Å². The van der Waals surface area contributed by atoms with E-state index in [9.17, 15) is 19.2 Å². The smallest absolute Gasteiger partial charge is 0.261 e. The highest BCUT2D eigenvalue weighted by molar-refractivity contribution is 7.17. The summed E-state index contributed by atoms with van der Waals surface area (Å²) >= 11 is 1.49. The maximum atomic E-state index is 13.1. The van der Waals surface area contributed by atoms with Crippen molar-refractivity contribution < 1.29 is 23.9 Å². The first-order valence-corrected chi connectivity index (χ1v) is 13.1. The van der Waals surface area contributed by atoms with Crippen LogP contribution in [0.2, 0.25) is 0 Å². The van der Waals surface area contributed by atoms with Crippen LogP contribution in [0.3, 0.4) is 0 Å². The fourth-order valence-electron chi connectivity index (χ4n) is 5.02. The molecule has 5 rings (SSSR count). The van der Waals surface area contributed by atoms with Crippen molar-refractivity contribution in [2.45, 2.75) is 57.5 Å². The van der Waals surface area contributed by atoms with Gasteiger partial charge in [0.15, 0.2) is 0 Å². The molecule has 1 saturated heterocycles. The Morgan fingerprint density at radius 2 is 1.80 bits per heavy atom. The Kier molecular flexibility index (Phi) is 6.97. The van der Waals surface area contributed by atoms with Crippen molar-refractivity contribution >= 4 is 40.0 Å². The minimum atomic E-state index is -0.317. The normalized spacial score (nSPS) is 19.0. The predicted octanol–water partition coefficient (Wildman–Crippen LogP) is 3.55. The van der Waals surface area contributed by atoms with E-state index in [1.54, 1.807) is 24.3 Å². The van der Waals surface area contributed by atoms with Crippen LogP contribution in [0.1, 0.15) is 80.0 Å². The van der Waals surface area contributed by atoms with E-state index in [2.05, 4.69) is 10.6 Å². The molecule has 1 unspecified atom stereocenters. The lowest BCUT2D eigenvalue weighted by Crippen LogP contribution is -2.33. The largest absolute Gasteiger partial charge is 0.376 e. The first-order valence-electron chi connectivity index (χ1n) is 12.3. The molecule has 1 aliphatic carbocycles. The zero-order chi connectivity index (χ0) is 24.4. The van der Waals surface area contributed by atoms with E-state index in [0.717, 1.165) is 50.7 Å². The number of hydrogen-bond acceptors (Lipinski definition) is 6. The van der Waals surface area contributed by atoms with Gasteiger partial charge in [-0.05, 0) is 62.6 Å². The number of fused-ring (bicyclic) bond motifs is 2. The van der Waals surface area contributed by atoms with E-state index in [4.69, 9.17) is 4.74 Å². The molecule has 0 saturated carbocycles. The van der Waals surface area contributed by atoms with Crippen LogP contribution in [0.5, 0.6) is 0 Å². The van der Waals surface area contributed by atoms with Crippen molar-refractivity contribution in [1.29, 1.82) is 0 Å². The quantitative estimate of drug-likeness (QED) is 0.545. The van der Waals surface area contributed by atoms with Gasteiger partial charge in [-0.15, -0.1) is 11.3 Å². The molecule has 9 heteroatoms. The summed E-state index contributed by atoms with van der Waals surface area (Å²) in [6, 6.07) is 6.75. The van der Waals surface area contributed by atoms with Crippen LogP contribution < -0.4 is 10.6 Å². The maximum absolute atomic E-state index is 13.1. The number of rotatable bonds is 8. The van der Waals surface area contributed by atoms with Gasteiger partial charge in [0.25, 0.3) is 17.7 Å². The highest BCUT2D eigenvalue weighted by Gasteiger charge is 2.34. The van der Waals surface area contributed by atoms with Crippen molar-refractivity contribution in [1.82, 2.24) is 10.2 Å². The second kappa shape index (κ2) is 10.3. The molecule has 2 aliphatic heterocycles. The molecule has 1 aromatic heterocycles. The third-order valence-corrected chi connectivity index (χ3v) is 8.04. The number of nitrogens with zero attached hydrogens (tertiary/aromatic N) is 1. The molecular formula is C26H29N3O5S. The molecule has 1 atom stereocenters. The zero-order valence-electron chi connectivity index (χ0n) is 19.6. The molecule has 0 spiro atoms. The summed E-state index contributed by atoms with van der Waals surface area (Å²) in [5.74, 6) is -1.03. The third kappa shape index (κ3) is 4.88. The summed E-state index contributed by atoms with van der Waals surface area (Å²) in [5, 5.41) is 6.53. The molecule has 35 heavy (non-hydrogen) atoms. The second-order valence-electron chi connectivity index (χ2n) is 9.22. The Morgan fingerprint density at radius 1 is 1.06 bits per heavy atom. The molecule has 4 amide bonds. The average Bonchev–Trinajstić information content (AvgIpc) is 3.57. The number of hydrogen-bond donors (Lipinski definition) is 2. The SMILES string of the molecule is O=C(CCCN1C(=O)c2ccccc2C1=O)Nc1sc2c(c1C(=O)NCC1CCCO1)CCCC2. The number of carbonyl (C=O) groups is 4. The third-order valence-electron chi connectivity index (χ3n) is 6.83. The van der Waals surface area contributed by atoms with E-state index in [0.29, 0.717) is 34.7 Å². The van der Waals surface area contributed by atoms with Crippen LogP contribution >= 0.6 is 11.3 Å². The number of ether oxygens (including phenoxy) is 1. The zero-order valence-corrected chi connectivity index (χ0v) is 20.4. The van der Waals surface area contributed by atoms with Crippen LogP contribution in [-0.2, 0) is 22.4 Å². The molecule has 2 aromatic rings. The average molecular weight is 496 g/mol. The molecule has 2 N–H and O–H groups in total. The van der Waals surface area contributed by atoms with Crippen LogP contribution in [0.25, 0.3) is 0 Å². The topological polar surface area (TPSA) is 105 Å². The number of carbonyl (C=O) groups excluding carboxylic acids is 4. The minimum Gasteiger partial charge on any atom is -0.376 e. The van der Waals surface area contributed by atoms with E-state index in [1.807, 2.05) is 0 Å². The predicted molar refractivity (Wildman–Crippen MR) is 132 cm³/mol. The van der Waals surface area contributed by atoms with E-state index < -0.39 is 0 Å². The molecule has 1 fully saturated rings. The van der Waals surface area contributed by atoms with Crippen molar-refractivity contribution in [2.75, 3.05) is 25.0 Å². The molecular weight excluding hydrogens is 466 g/mol. The molecule has 184 valence electrons. The summed E-state index contributed by atoms with van der Waals surface area (Å²) in [6.07, 6.45) is 6.37. The Morgan fingerprint density at radius 3 is 2.51 bits per heavy atom. The van der Waals surface area contributed by atoms with Gasteiger partial charge in [0.05, 0.1) is 22.8 Å². The summed E-state index contributed by atoms with van der Waals surface area (Å²) in [5.41, 5.74) is 2.44. The fraction of sp³-hybridized carbons (Fsp3) is 0.462. The van der Waals surface area contributed by atoms with Gasteiger partial charge in [0.2, 0.25) is 5.91 Å². The highest BCUT2D eigenvalue weighted by Crippen LogP contribution is 2.38. The maximum Gasteiger partial charge on any atom is 0.261 e. The van der Waals surface area contributed by atoms with E-state index >= 15 is 0 Å². The van der Waals surface area contributed by atoms with Gasteiger partial charge >= 0.3 is 0 Å². The van der Waals surface area contributed by atoms with E-state index in [1.165, 1.54) is 21.1 Å². The molecule has 0 bridgehead atoms. The summed E-state index contributed by atoms with van der Waals surface area (Å²) in [6.45, 7) is 1.38. The first-order chi connectivity index (χ1) is 17.0. The Bertz CT molecular complexity index is 1130. The van der Waals surface area contributed by atoms with Gasteiger partial charge in [0, 0.05) is 31.0 Å². The molecule has 3 aliphatic rings. The fourth-order valence-corrected chi connectivity index (χ4v) is 6.33. The number of aryl methyl sites for hydroxylation is 1. The number of anilines is 1. The Hall–Kier alpha value is -3.04. The van der Waals surface area contributed by atoms with Gasteiger partial charge in [-0.25, -0.2) is 0 Å². The van der Waals surface area contributed by atoms with Crippen LogP contribution in [-0.4, -0.2) is 54.3 Å². The van der Waals surface area contributed by atoms with Crippen molar-refractivity contribution in [3.63, 3.8) is 0 Å². The highest BCUT2D eigenvalue weighted by atomic mass is 32.1. The number of amides is 4. The standard InChI is InChI=1S/C26H29N3O5S/c30-21(12-5-13-29-25(32)17-8-1-2-9-18(17)26(29)33)28-24-22(19-10-3-4-11-20(19)35-24)23(31)27-15-16-7-6-14-34-16/h1-2,8-9,16H,3-7,10-15H2,(H,27,31)(H,28,30). The van der Waals surface area contributed by atoms with Crippen molar-refractivity contribution in [3.8, 4) is 0 Å². The number of benzene rings is 1. The molecule has 0 radical (unpaired) electrons. The number of nitrogens with one attached hydrogen (secondary N) is 2. The van der Waals surface area contributed by atoms with Gasteiger partial charge in [-0.2, -0.15) is 0 Å². The molecule has 3 heterocycles. The van der Waals surface area contributed by atoms with Crippen LogP contribution in [0.15, 0.2) is 24.3 Å². The second-order valence-corrected chi connectivity index (χ2v) is 10.3. The van der Waals surface area contributed by atoms with Gasteiger partial charge in [-0.3, -0.25) is 24.1 Å². The minimum absolute atomic E-state index is 0.0496. The number of thiophene rings is 1. The molecule has 1 aromatic carbocycles. The van der Waals surface area contributed by atoms with E-state index in [-0.39, 0.29) is 42.7 Å². The van der Waals surface area contributed by atoms with Crippen molar-refractivity contribution in [2.24, 2.45) is 0 Å². The van der Waals surface area contributed by atoms with Crippen LogP contribution in [0, 0.1) is 0 Å². The van der Waals surface area contributed by atoms with Gasteiger partial charge in [0.1, 0.15) is 5.00 Å². The lowest BCUT2D eigenvalue weighted by Gasteiger charge is -2.15. The summed E-state index contributed by atoms with van der Waals surface area (Å²) < 4.78 is 5.62. The lowest BCUT2D eigenvalue weighted by atomic mass is 9.95. The van der Waals surface area contributed by atoms with Gasteiger partial charge < -0.3 is 15.4 Å². The van der Waals surface area contributed by atoms with Gasteiger partial charge in [-0.1, -0.05) is 12.1 Å². The first kappa shape index (κ1) is 23.7. The van der Waals surface area contributed by atoms with Crippen molar-refractivity contribution in [3.05, 3.63) is 51.4 Å². The molecule has 8 nitrogen and oxygen atoms in total. The summed E-state index contributed by atoms with van der Waals surface area (Å²) in [4.78, 5) is 53.3. The Balaban J connectivity index is 1.20.